The molecule has 1 aliphatic carbocycles. The second kappa shape index (κ2) is 13.1. The zero-order chi connectivity index (χ0) is 33.3. The summed E-state index contributed by atoms with van der Waals surface area (Å²) in [5.74, 6) is -0.0155. The maximum atomic E-state index is 12.4. The highest BCUT2D eigenvalue weighted by molar-refractivity contribution is 7.92. The van der Waals surface area contributed by atoms with Crippen molar-refractivity contribution in [3.05, 3.63) is 120 Å². The summed E-state index contributed by atoms with van der Waals surface area (Å²) in [5, 5.41) is 11.2. The lowest BCUT2D eigenvalue weighted by atomic mass is 9.78. The molecular weight excluding hydrogens is 625 g/mol. The summed E-state index contributed by atoms with van der Waals surface area (Å²) in [4.78, 5) is 22.2. The lowest BCUT2D eigenvalue weighted by molar-refractivity contribution is -0.143. The van der Waals surface area contributed by atoms with Crippen molar-refractivity contribution in [1.82, 2.24) is 14.5 Å². The van der Waals surface area contributed by atoms with Gasteiger partial charge in [0, 0.05) is 29.6 Å². The van der Waals surface area contributed by atoms with E-state index in [4.69, 9.17) is 14.7 Å². The fraction of sp³-hybridized carbons (Fsp3) is 0.237. The predicted molar refractivity (Wildman–Crippen MR) is 188 cm³/mol. The van der Waals surface area contributed by atoms with E-state index in [1.165, 1.54) is 0 Å². The third-order valence-corrected chi connectivity index (χ3v) is 9.60. The fourth-order valence-corrected chi connectivity index (χ4v) is 7.29. The molecule has 0 radical (unpaired) electrons. The van der Waals surface area contributed by atoms with Crippen molar-refractivity contribution in [1.29, 1.82) is 0 Å². The van der Waals surface area contributed by atoms with Crippen molar-refractivity contribution >= 4 is 43.6 Å². The number of fused-ring (bicyclic) bond motifs is 2. The Morgan fingerprint density at radius 1 is 0.875 bits per heavy atom. The number of nitrogens with zero attached hydrogens (tertiary/aromatic N) is 3. The van der Waals surface area contributed by atoms with Crippen molar-refractivity contribution in [3.63, 3.8) is 0 Å². The van der Waals surface area contributed by atoms with Crippen LogP contribution >= 0.6 is 0 Å². The topological polar surface area (TPSA) is 123 Å². The van der Waals surface area contributed by atoms with Gasteiger partial charge in [-0.2, -0.15) is 0 Å². The number of nitrogens with one attached hydrogen (secondary N) is 1. The average Bonchev–Trinajstić information content (AvgIpc) is 3.44. The summed E-state index contributed by atoms with van der Waals surface area (Å²) in [6.07, 6.45) is 4.39. The Labute approximate surface area is 279 Å². The number of anilines is 1. The zero-order valence-electron chi connectivity index (χ0n) is 26.5. The molecule has 244 valence electrons. The van der Waals surface area contributed by atoms with Crippen LogP contribution in [0.5, 0.6) is 5.75 Å². The molecule has 48 heavy (non-hydrogen) atoms. The maximum absolute atomic E-state index is 12.4. The molecule has 0 saturated heterocycles. The van der Waals surface area contributed by atoms with E-state index in [-0.39, 0.29) is 5.92 Å². The van der Waals surface area contributed by atoms with Crippen LogP contribution in [0.15, 0.2) is 103 Å². The number of carboxylic acids is 1. The molecule has 9 nitrogen and oxygen atoms in total. The van der Waals surface area contributed by atoms with Crippen molar-refractivity contribution in [2.45, 2.75) is 44.8 Å². The van der Waals surface area contributed by atoms with Crippen LogP contribution in [0.3, 0.4) is 0 Å². The third kappa shape index (κ3) is 6.89. The highest BCUT2D eigenvalue weighted by Gasteiger charge is 2.35. The highest BCUT2D eigenvalue weighted by atomic mass is 32.2. The van der Waals surface area contributed by atoms with Crippen molar-refractivity contribution < 1.29 is 23.1 Å². The van der Waals surface area contributed by atoms with Crippen LogP contribution in [0, 0.1) is 5.92 Å². The van der Waals surface area contributed by atoms with Crippen LogP contribution in [0.25, 0.3) is 33.1 Å². The van der Waals surface area contributed by atoms with Gasteiger partial charge in [0.05, 0.1) is 34.4 Å². The maximum Gasteiger partial charge on any atom is 0.307 e. The van der Waals surface area contributed by atoms with Crippen LogP contribution < -0.4 is 9.46 Å². The smallest absolute Gasteiger partial charge is 0.307 e. The monoisotopic (exact) mass is 660 g/mol. The Bertz CT molecular complexity index is 2230. The Morgan fingerprint density at radius 2 is 1.69 bits per heavy atom. The van der Waals surface area contributed by atoms with Crippen LogP contribution in [-0.4, -0.2) is 40.3 Å². The van der Waals surface area contributed by atoms with E-state index in [2.05, 4.69) is 21.4 Å². The van der Waals surface area contributed by atoms with Gasteiger partial charge in [0.25, 0.3) is 0 Å². The summed E-state index contributed by atoms with van der Waals surface area (Å²) >= 11 is 0. The number of sulfonamides is 1. The molecule has 2 aromatic heterocycles. The number of para-hydroxylation sites is 1. The van der Waals surface area contributed by atoms with E-state index in [1.54, 1.807) is 12.1 Å². The van der Waals surface area contributed by atoms with E-state index in [0.29, 0.717) is 31.0 Å². The van der Waals surface area contributed by atoms with Crippen LogP contribution in [0.4, 0.5) is 5.69 Å². The number of hydrogen-bond acceptors (Lipinski definition) is 6. The zero-order valence-corrected chi connectivity index (χ0v) is 27.4. The minimum atomic E-state index is -3.36. The first kappa shape index (κ1) is 31.4. The van der Waals surface area contributed by atoms with Crippen molar-refractivity contribution in [2.75, 3.05) is 11.0 Å². The summed E-state index contributed by atoms with van der Waals surface area (Å²) in [6.45, 7) is 0.823. The van der Waals surface area contributed by atoms with Gasteiger partial charge in [-0.1, -0.05) is 67.4 Å². The van der Waals surface area contributed by atoms with Gasteiger partial charge in [-0.05, 0) is 72.0 Å². The Balaban J connectivity index is 1.20. The molecule has 0 amide bonds. The van der Waals surface area contributed by atoms with Gasteiger partial charge >= 0.3 is 5.97 Å². The molecule has 1 aliphatic rings. The number of carbonyl (C=O) groups is 1. The average molecular weight is 661 g/mol. The molecule has 4 aromatic carbocycles. The number of benzene rings is 4. The molecule has 2 heterocycles. The summed E-state index contributed by atoms with van der Waals surface area (Å²) in [6, 6.07) is 33.3. The largest absolute Gasteiger partial charge is 0.487 e. The molecular formula is C38H36N4O5S. The molecule has 1 unspecified atom stereocenters. The molecule has 7 rings (SSSR count). The highest BCUT2D eigenvalue weighted by Crippen LogP contribution is 2.39. The molecule has 6 aromatic rings. The summed E-state index contributed by atoms with van der Waals surface area (Å²) < 4.78 is 34.1. The van der Waals surface area contributed by atoms with Crippen molar-refractivity contribution in [2.24, 2.45) is 5.92 Å². The van der Waals surface area contributed by atoms with Crippen molar-refractivity contribution in [3.8, 4) is 16.9 Å². The molecule has 2 N–H and O–H groups in total. The first-order valence-corrected chi connectivity index (χ1v) is 18.0. The van der Waals surface area contributed by atoms with E-state index in [1.807, 2.05) is 78.9 Å². The first-order valence-electron chi connectivity index (χ1n) is 16.1. The second-order valence-electron chi connectivity index (χ2n) is 12.5. The van der Waals surface area contributed by atoms with Crippen LogP contribution in [0.1, 0.15) is 48.7 Å². The summed E-state index contributed by atoms with van der Waals surface area (Å²) in [5.41, 5.74) is 6.90. The van der Waals surface area contributed by atoms with Gasteiger partial charge < -0.3 is 14.4 Å². The van der Waals surface area contributed by atoms with Crippen LogP contribution in [-0.2, 0) is 28.0 Å². The number of imidazole rings is 1. The number of ether oxygens (including phenoxy) is 1. The molecule has 0 spiro atoms. The van der Waals surface area contributed by atoms with Gasteiger partial charge in [0.15, 0.2) is 0 Å². The minimum Gasteiger partial charge on any atom is -0.487 e. The van der Waals surface area contributed by atoms with Gasteiger partial charge in [0.1, 0.15) is 18.2 Å². The number of rotatable bonds is 10. The molecule has 1 fully saturated rings. The van der Waals surface area contributed by atoms with E-state index in [9.17, 15) is 18.3 Å². The van der Waals surface area contributed by atoms with Gasteiger partial charge in [-0.15, -0.1) is 0 Å². The molecule has 2 atom stereocenters. The van der Waals surface area contributed by atoms with E-state index in [0.717, 1.165) is 75.7 Å². The SMILES string of the molecule is CS(=O)(=O)Nc1ccc(-c2cccc(Cn3c([C@@H]4CCCCC4C(=O)O)nc4cc(OCc5ccc6ccccc6n5)ccc43)c2)cc1. The number of hydrogen-bond donors (Lipinski definition) is 2. The summed E-state index contributed by atoms with van der Waals surface area (Å²) in [7, 11) is -3.36. The number of carboxylic acid groups (broad SMARTS) is 1. The second-order valence-corrected chi connectivity index (χ2v) is 14.2. The molecule has 10 heteroatoms. The predicted octanol–water partition coefficient (Wildman–Crippen LogP) is 7.61. The van der Waals surface area contributed by atoms with Gasteiger partial charge in [-0.3, -0.25) is 9.52 Å². The fourth-order valence-electron chi connectivity index (χ4n) is 6.73. The quantitative estimate of drug-likeness (QED) is 0.155. The number of aliphatic carboxylic acids is 1. The number of aromatic nitrogens is 3. The first-order chi connectivity index (χ1) is 23.2. The van der Waals surface area contributed by atoms with E-state index < -0.39 is 21.9 Å². The molecule has 0 bridgehead atoms. The van der Waals surface area contributed by atoms with Gasteiger partial charge in [0.2, 0.25) is 10.0 Å². The lowest BCUT2D eigenvalue weighted by Gasteiger charge is -2.28. The number of pyridine rings is 1. The van der Waals surface area contributed by atoms with Gasteiger partial charge in [-0.25, -0.2) is 18.4 Å². The minimum absolute atomic E-state index is 0.201. The standard InChI is InChI=1S/C38H36N4O5S/c1-48(45,46)41-29-16-13-26(14-17-29)28-9-6-7-25(21-28)23-42-36-20-19-31(47-24-30-18-15-27-8-2-5-12-34(27)39-30)22-35(36)40-37(42)32-10-3-4-11-33(32)38(43)44/h2,5-9,12-22,32-33,41H,3-4,10-11,23-24H2,1H3,(H,43,44)/t32-,33?/m1/s1. The normalized spacial score (nSPS) is 16.6. The Hall–Kier alpha value is -5.22. The van der Waals surface area contributed by atoms with E-state index >= 15 is 0 Å². The molecule has 1 saturated carbocycles. The Morgan fingerprint density at radius 3 is 2.50 bits per heavy atom. The third-order valence-electron chi connectivity index (χ3n) is 9.00. The molecule has 0 aliphatic heterocycles. The van der Waals surface area contributed by atoms with Crippen LogP contribution in [0.2, 0.25) is 0 Å². The Kier molecular flexibility index (Phi) is 8.58. The lowest BCUT2D eigenvalue weighted by Crippen LogP contribution is -2.27.